The first-order valence-corrected chi connectivity index (χ1v) is 23.0. The highest BCUT2D eigenvalue weighted by Gasteiger charge is 2.17. The molecule has 2 aliphatic rings. The Morgan fingerprint density at radius 3 is 1.22 bits per heavy atom. The van der Waals surface area contributed by atoms with E-state index in [0.717, 1.165) is 94.2 Å². The smallest absolute Gasteiger partial charge is 0.265 e. The fourth-order valence-electron chi connectivity index (χ4n) is 6.84. The molecular weight excluding hydrogens is 785 g/mol. The Hall–Kier alpha value is -4.32. The Balaban J connectivity index is 0.000000209. The molecule has 2 fully saturated rings. The maximum atomic E-state index is 11.1. The topological polar surface area (TPSA) is 188 Å². The van der Waals surface area contributed by atoms with Crippen molar-refractivity contribution in [3.63, 3.8) is 0 Å². The highest BCUT2D eigenvalue weighted by molar-refractivity contribution is 7.89. The van der Waals surface area contributed by atoms with Crippen molar-refractivity contribution in [2.45, 2.75) is 52.4 Å². The van der Waals surface area contributed by atoms with Crippen molar-refractivity contribution in [3.8, 4) is 33.8 Å². The van der Waals surface area contributed by atoms with Crippen molar-refractivity contribution in [1.29, 1.82) is 0 Å². The van der Waals surface area contributed by atoms with Gasteiger partial charge in [-0.1, -0.05) is 38.1 Å². The summed E-state index contributed by atoms with van der Waals surface area (Å²) < 4.78 is 68.7. The van der Waals surface area contributed by atoms with Gasteiger partial charge >= 0.3 is 0 Å². The zero-order chi connectivity index (χ0) is 42.0. The molecule has 318 valence electrons. The van der Waals surface area contributed by atoms with Crippen LogP contribution in [0.2, 0.25) is 0 Å². The number of nitrogens with zero attached hydrogens (tertiary/aromatic N) is 4. The molecule has 2 N–H and O–H groups in total. The van der Waals surface area contributed by atoms with Crippen LogP contribution in [0.1, 0.15) is 52.4 Å². The monoisotopic (exact) mass is 842 g/mol. The van der Waals surface area contributed by atoms with E-state index in [1.165, 1.54) is 76.6 Å². The number of benzene rings is 2. The fraction of sp³-hybridized carbons (Fsp3) is 0.476. The molecule has 14 nitrogen and oxygen atoms in total. The summed E-state index contributed by atoms with van der Waals surface area (Å²) in [4.78, 5) is 5.11. The number of ether oxygens (including phenoxy) is 2. The molecule has 2 saturated heterocycles. The predicted octanol–water partition coefficient (Wildman–Crippen LogP) is 5.74. The van der Waals surface area contributed by atoms with Gasteiger partial charge in [-0.15, -0.1) is 0 Å². The van der Waals surface area contributed by atoms with Crippen LogP contribution in [0, 0.1) is 22.3 Å². The van der Waals surface area contributed by atoms with Crippen molar-refractivity contribution in [1.82, 2.24) is 9.80 Å². The van der Waals surface area contributed by atoms with Crippen LogP contribution in [0.3, 0.4) is 0 Å². The van der Waals surface area contributed by atoms with E-state index in [4.69, 9.17) is 18.6 Å². The maximum absolute atomic E-state index is 11.1. The summed E-state index contributed by atoms with van der Waals surface area (Å²) in [5, 5.41) is 22.2. The largest absolute Gasteiger partial charge is 0.619 e. The van der Waals surface area contributed by atoms with Gasteiger partial charge in [-0.05, 0) is 110 Å². The molecule has 4 aromatic rings. The summed E-state index contributed by atoms with van der Waals surface area (Å²) in [6.07, 6.45) is 13.6. The molecule has 0 bridgehead atoms. The lowest BCUT2D eigenvalue weighted by molar-refractivity contribution is -0.605. The first-order valence-electron chi connectivity index (χ1n) is 19.8. The minimum atomic E-state index is -4.30. The number of piperidine rings is 2. The van der Waals surface area contributed by atoms with Gasteiger partial charge < -0.3 is 29.7 Å². The highest BCUT2D eigenvalue weighted by atomic mass is 32.2. The molecule has 2 aromatic heterocycles. The van der Waals surface area contributed by atoms with Crippen LogP contribution >= 0.6 is 0 Å². The average molecular weight is 843 g/mol. The lowest BCUT2D eigenvalue weighted by Crippen LogP contribution is -2.35. The molecule has 0 amide bonds. The molecule has 16 heteroatoms. The van der Waals surface area contributed by atoms with E-state index in [1.54, 1.807) is 0 Å². The van der Waals surface area contributed by atoms with Gasteiger partial charge in [0, 0.05) is 50.4 Å². The summed E-state index contributed by atoms with van der Waals surface area (Å²) >= 11 is 0. The standard InChI is InChI=1S/2C20H26N2O2.C2H6O6S2/c2*1-17-4-2-11-21(16-17)12-3-15-24-20-7-5-18(6-8-20)19-9-13-22(23)14-10-19;3-9(4,5)1-2-10(6,7)8/h2*5-10,13-14,17H,2-4,11-12,15-16H2,1H3;1-2H2,(H,3,4,5)(H,6,7,8). The van der Waals surface area contributed by atoms with Gasteiger partial charge in [0.2, 0.25) is 0 Å². The van der Waals surface area contributed by atoms with Crippen molar-refractivity contribution in [3.05, 3.63) is 108 Å². The molecular formula is C42H58N4O10S2. The van der Waals surface area contributed by atoms with Crippen molar-refractivity contribution < 1.29 is 44.9 Å². The molecule has 2 aliphatic heterocycles. The van der Waals surface area contributed by atoms with Gasteiger partial charge in [-0.3, -0.25) is 9.11 Å². The van der Waals surface area contributed by atoms with Gasteiger partial charge in [0.1, 0.15) is 11.5 Å². The summed E-state index contributed by atoms with van der Waals surface area (Å²) in [5.41, 5.74) is 4.25. The van der Waals surface area contributed by atoms with Gasteiger partial charge in [-0.25, -0.2) is 0 Å². The number of hydrogen-bond acceptors (Lipinski definition) is 10. The lowest BCUT2D eigenvalue weighted by Gasteiger charge is -2.30. The van der Waals surface area contributed by atoms with E-state index in [1.807, 2.05) is 72.8 Å². The van der Waals surface area contributed by atoms with E-state index in [9.17, 15) is 27.3 Å². The third kappa shape index (κ3) is 18.5. The third-order valence-electron chi connectivity index (χ3n) is 9.84. The van der Waals surface area contributed by atoms with Crippen LogP contribution in [0.4, 0.5) is 0 Å². The second-order valence-corrected chi connectivity index (χ2v) is 18.2. The number of likely N-dealkylation sites (tertiary alicyclic amines) is 2. The van der Waals surface area contributed by atoms with E-state index < -0.39 is 31.7 Å². The van der Waals surface area contributed by atoms with Crippen LogP contribution in [0.25, 0.3) is 22.3 Å². The van der Waals surface area contributed by atoms with E-state index in [2.05, 4.69) is 23.6 Å². The van der Waals surface area contributed by atoms with Crippen LogP contribution in [0.15, 0.2) is 97.6 Å². The van der Waals surface area contributed by atoms with Crippen molar-refractivity contribution in [2.24, 2.45) is 11.8 Å². The van der Waals surface area contributed by atoms with Gasteiger partial charge in [0.15, 0.2) is 24.8 Å². The highest BCUT2D eigenvalue weighted by Crippen LogP contribution is 2.23. The molecule has 4 heterocycles. The minimum Gasteiger partial charge on any atom is -0.619 e. The Morgan fingerprint density at radius 1 is 0.586 bits per heavy atom. The van der Waals surface area contributed by atoms with E-state index in [-0.39, 0.29) is 0 Å². The molecule has 0 aliphatic carbocycles. The Morgan fingerprint density at radius 2 is 0.914 bits per heavy atom. The van der Waals surface area contributed by atoms with Crippen molar-refractivity contribution in [2.75, 3.05) is 64.0 Å². The molecule has 58 heavy (non-hydrogen) atoms. The van der Waals surface area contributed by atoms with Gasteiger partial charge in [-0.2, -0.15) is 26.3 Å². The summed E-state index contributed by atoms with van der Waals surface area (Å²) in [6, 6.07) is 23.4. The molecule has 2 atom stereocenters. The Labute approximate surface area is 343 Å². The number of pyridine rings is 2. The van der Waals surface area contributed by atoms with Crippen LogP contribution in [-0.2, 0) is 20.2 Å². The van der Waals surface area contributed by atoms with Gasteiger partial charge in [0.05, 0.1) is 24.7 Å². The molecule has 2 unspecified atom stereocenters. The SMILES string of the molecule is CC1CCCN(CCCOc2ccc(-c3cc[n+]([O-])cc3)cc2)C1.CC1CCCN(CCCOc2ccc(-c3cc[n+]([O-])cc3)cc2)C1.O=S(=O)(O)CCS(=O)(=O)O. The van der Waals surface area contributed by atoms with Crippen LogP contribution in [0.5, 0.6) is 11.5 Å². The molecule has 0 spiro atoms. The van der Waals surface area contributed by atoms with E-state index in [0.29, 0.717) is 0 Å². The van der Waals surface area contributed by atoms with Crippen molar-refractivity contribution >= 4 is 20.2 Å². The molecule has 0 saturated carbocycles. The summed E-state index contributed by atoms with van der Waals surface area (Å²) in [6.45, 7) is 13.4. The van der Waals surface area contributed by atoms with Crippen LogP contribution in [-0.4, -0.2) is 99.7 Å². The lowest BCUT2D eigenvalue weighted by atomic mass is 10.0. The zero-order valence-electron chi connectivity index (χ0n) is 33.5. The van der Waals surface area contributed by atoms with Crippen LogP contribution < -0.4 is 18.9 Å². The Bertz CT molecular complexity index is 1850. The third-order valence-corrected chi connectivity index (χ3v) is 11.5. The average Bonchev–Trinajstić information content (AvgIpc) is 3.19. The normalized spacial score (nSPS) is 17.6. The molecule has 6 rings (SSSR count). The summed E-state index contributed by atoms with van der Waals surface area (Å²) in [7, 11) is -8.59. The second-order valence-electron chi connectivity index (χ2n) is 15.0. The fourth-order valence-corrected chi connectivity index (χ4v) is 8.53. The first kappa shape index (κ1) is 46.4. The Kier molecular flexibility index (Phi) is 18.6. The zero-order valence-corrected chi connectivity index (χ0v) is 35.1. The summed E-state index contributed by atoms with van der Waals surface area (Å²) in [5.74, 6) is 1.52. The second kappa shape index (κ2) is 23.3. The quantitative estimate of drug-likeness (QED) is 0.0641. The predicted molar refractivity (Wildman–Crippen MR) is 224 cm³/mol. The van der Waals surface area contributed by atoms with E-state index >= 15 is 0 Å². The number of hydrogen-bond donors (Lipinski definition) is 2. The minimum absolute atomic E-state index is 0.756. The molecule has 2 aromatic carbocycles. The number of aromatic nitrogens is 2. The number of rotatable bonds is 15. The first-order chi connectivity index (χ1) is 27.6. The molecule has 0 radical (unpaired) electrons. The van der Waals surface area contributed by atoms with Gasteiger partial charge in [0.25, 0.3) is 20.2 Å². The maximum Gasteiger partial charge on any atom is 0.265 e.